The van der Waals surface area contributed by atoms with Crippen LogP contribution in [0.4, 0.5) is 5.69 Å². The van der Waals surface area contributed by atoms with Gasteiger partial charge in [-0.1, -0.05) is 13.8 Å². The van der Waals surface area contributed by atoms with Crippen molar-refractivity contribution in [2.45, 2.75) is 33.2 Å². The Kier molecular flexibility index (Phi) is 8.31. The van der Waals surface area contributed by atoms with Crippen molar-refractivity contribution in [3.05, 3.63) is 23.8 Å². The first-order valence-corrected chi connectivity index (χ1v) is 8.76. The lowest BCUT2D eigenvalue weighted by molar-refractivity contribution is -0.150. The Morgan fingerprint density at radius 2 is 2.00 bits per heavy atom. The number of aryl methyl sites for hydroxylation is 1. The summed E-state index contributed by atoms with van der Waals surface area (Å²) in [5.74, 6) is -0.660. The first-order valence-electron chi connectivity index (χ1n) is 8.35. The van der Waals surface area contributed by atoms with Crippen molar-refractivity contribution in [3.8, 4) is 5.75 Å². The monoisotopic (exact) mass is 381 g/mol. The molecule has 0 spiro atoms. The molecular formula is C18H27N3O4S. The zero-order valence-corrected chi connectivity index (χ0v) is 16.6. The molecule has 1 rings (SSSR count). The van der Waals surface area contributed by atoms with E-state index in [4.69, 9.17) is 17.0 Å². The minimum atomic E-state index is -1.00. The van der Waals surface area contributed by atoms with Crippen LogP contribution in [-0.2, 0) is 9.59 Å². The van der Waals surface area contributed by atoms with Crippen LogP contribution in [0.2, 0.25) is 0 Å². The minimum Gasteiger partial charge on any atom is -0.497 e. The number of thiocarbonyl (C=S) groups is 1. The molecule has 1 aromatic carbocycles. The van der Waals surface area contributed by atoms with Crippen LogP contribution in [0.15, 0.2) is 18.2 Å². The average molecular weight is 381 g/mol. The van der Waals surface area contributed by atoms with Crippen LogP contribution in [0.1, 0.15) is 25.8 Å². The number of methoxy groups -OCH3 is 1. The Morgan fingerprint density at radius 1 is 1.35 bits per heavy atom. The highest BCUT2D eigenvalue weighted by Gasteiger charge is 2.29. The number of hydrogen-bond donors (Lipinski definition) is 3. The second-order valence-corrected chi connectivity index (χ2v) is 6.75. The van der Waals surface area contributed by atoms with Gasteiger partial charge in [-0.2, -0.15) is 0 Å². The Labute approximate surface area is 159 Å². The summed E-state index contributed by atoms with van der Waals surface area (Å²) in [5.41, 5.74) is 1.82. The molecule has 0 unspecified atom stereocenters. The molecule has 0 aliphatic heterocycles. The molecule has 3 N–H and O–H groups in total. The van der Waals surface area contributed by atoms with Crippen molar-refractivity contribution in [2.75, 3.05) is 26.0 Å². The lowest BCUT2D eigenvalue weighted by Gasteiger charge is -2.27. The van der Waals surface area contributed by atoms with Gasteiger partial charge in [0, 0.05) is 25.7 Å². The zero-order valence-electron chi connectivity index (χ0n) is 15.8. The molecular weight excluding hydrogens is 354 g/mol. The van der Waals surface area contributed by atoms with E-state index in [9.17, 15) is 14.7 Å². The highest BCUT2D eigenvalue weighted by Crippen LogP contribution is 2.20. The van der Waals surface area contributed by atoms with Gasteiger partial charge in [-0.3, -0.25) is 4.79 Å². The molecule has 0 aromatic heterocycles. The summed E-state index contributed by atoms with van der Waals surface area (Å²) < 4.78 is 5.16. The Hall–Kier alpha value is -2.35. The fourth-order valence-corrected chi connectivity index (χ4v) is 2.79. The van der Waals surface area contributed by atoms with E-state index in [2.05, 4.69) is 10.6 Å². The molecule has 0 bridgehead atoms. The van der Waals surface area contributed by atoms with Gasteiger partial charge in [0.25, 0.3) is 0 Å². The van der Waals surface area contributed by atoms with E-state index in [0.29, 0.717) is 11.7 Å². The molecule has 8 heteroatoms. The smallest absolute Gasteiger partial charge is 0.326 e. The van der Waals surface area contributed by atoms with Gasteiger partial charge in [-0.05, 0) is 48.8 Å². The van der Waals surface area contributed by atoms with Crippen LogP contribution >= 0.6 is 12.2 Å². The Morgan fingerprint density at radius 3 is 2.50 bits per heavy atom. The molecule has 0 heterocycles. The van der Waals surface area contributed by atoms with Gasteiger partial charge in [0.15, 0.2) is 5.11 Å². The summed E-state index contributed by atoms with van der Waals surface area (Å²) in [6.45, 7) is 5.80. The normalized spacial score (nSPS) is 11.6. The zero-order chi connectivity index (χ0) is 19.9. The van der Waals surface area contributed by atoms with Crippen LogP contribution in [0.25, 0.3) is 0 Å². The highest BCUT2D eigenvalue weighted by molar-refractivity contribution is 7.80. The van der Waals surface area contributed by atoms with Crippen LogP contribution < -0.4 is 15.4 Å². The fraction of sp³-hybridized carbons (Fsp3) is 0.500. The second-order valence-electron chi connectivity index (χ2n) is 6.34. The fourth-order valence-electron chi connectivity index (χ4n) is 2.58. The first kappa shape index (κ1) is 21.7. The summed E-state index contributed by atoms with van der Waals surface area (Å²) >= 11 is 5.24. The number of ether oxygens (including phenoxy) is 1. The maximum absolute atomic E-state index is 12.2. The molecule has 26 heavy (non-hydrogen) atoms. The van der Waals surface area contributed by atoms with Gasteiger partial charge in [0.05, 0.1) is 7.11 Å². The largest absolute Gasteiger partial charge is 0.497 e. The highest BCUT2D eigenvalue weighted by atomic mass is 32.1. The van der Waals surface area contributed by atoms with Crippen molar-refractivity contribution >= 4 is 34.9 Å². The van der Waals surface area contributed by atoms with Crippen molar-refractivity contribution in [1.82, 2.24) is 10.2 Å². The van der Waals surface area contributed by atoms with Gasteiger partial charge in [-0.25, -0.2) is 4.79 Å². The number of carboxylic acid groups (broad SMARTS) is 1. The minimum absolute atomic E-state index is 0.149. The van der Waals surface area contributed by atoms with E-state index in [1.807, 2.05) is 25.1 Å². The van der Waals surface area contributed by atoms with Crippen LogP contribution in [0.3, 0.4) is 0 Å². The maximum atomic E-state index is 12.2. The Bertz CT molecular complexity index is 664. The van der Waals surface area contributed by atoms with E-state index >= 15 is 0 Å². The molecule has 1 atom stereocenters. The molecule has 0 radical (unpaired) electrons. The number of likely N-dealkylation sites (N-methyl/N-ethyl adjacent to an activating group) is 1. The molecule has 0 fully saturated rings. The molecule has 7 nitrogen and oxygen atoms in total. The molecule has 1 amide bonds. The number of carboxylic acids is 1. The quantitative estimate of drug-likeness (QED) is 0.595. The van der Waals surface area contributed by atoms with E-state index in [1.54, 1.807) is 21.0 Å². The number of rotatable bonds is 8. The summed E-state index contributed by atoms with van der Waals surface area (Å²) in [6, 6.07) is 4.74. The van der Waals surface area contributed by atoms with Gasteiger partial charge in [0.2, 0.25) is 5.91 Å². The van der Waals surface area contributed by atoms with E-state index in [1.165, 1.54) is 11.9 Å². The van der Waals surface area contributed by atoms with Crippen LogP contribution in [0, 0.1) is 12.8 Å². The van der Waals surface area contributed by atoms with E-state index in [-0.39, 0.29) is 18.2 Å². The summed E-state index contributed by atoms with van der Waals surface area (Å²) in [6.07, 6.45) is 0.149. The number of aliphatic carboxylic acids is 1. The number of benzene rings is 1. The predicted octanol–water partition coefficient (Wildman–Crippen LogP) is 2.25. The van der Waals surface area contributed by atoms with Gasteiger partial charge >= 0.3 is 5.97 Å². The maximum Gasteiger partial charge on any atom is 0.326 e. The van der Waals surface area contributed by atoms with Crippen molar-refractivity contribution < 1.29 is 19.4 Å². The van der Waals surface area contributed by atoms with Gasteiger partial charge in [0.1, 0.15) is 11.8 Å². The predicted molar refractivity (Wildman–Crippen MR) is 106 cm³/mol. The number of hydrogen-bond acceptors (Lipinski definition) is 4. The third-order valence-corrected chi connectivity index (χ3v) is 4.25. The number of carbonyl (C=O) groups is 2. The summed E-state index contributed by atoms with van der Waals surface area (Å²) in [5, 5.41) is 15.7. The number of carbonyl (C=O) groups excluding carboxylic acids is 1. The topological polar surface area (TPSA) is 90.9 Å². The number of anilines is 1. The van der Waals surface area contributed by atoms with E-state index < -0.39 is 12.0 Å². The van der Waals surface area contributed by atoms with Gasteiger partial charge < -0.3 is 25.4 Å². The lowest BCUT2D eigenvalue weighted by Crippen LogP contribution is -2.46. The standard InChI is InChI=1S/C18H27N3O4S/c1-11(2)16(17(23)24)21(4)15(22)8-9-19-18(26)20-14-7-6-13(25-5)10-12(14)3/h6-7,10-11,16H,8-9H2,1-5H3,(H,23,24)(H2,19,20,26)/t16-/m0/s1. The van der Waals surface area contributed by atoms with Crippen molar-refractivity contribution in [2.24, 2.45) is 5.92 Å². The average Bonchev–Trinajstić information content (AvgIpc) is 2.55. The van der Waals surface area contributed by atoms with E-state index in [0.717, 1.165) is 17.0 Å². The third kappa shape index (κ3) is 6.18. The summed E-state index contributed by atoms with van der Waals surface area (Å²) in [7, 11) is 3.12. The summed E-state index contributed by atoms with van der Waals surface area (Å²) in [4.78, 5) is 24.8. The SMILES string of the molecule is COc1ccc(NC(=S)NCCC(=O)N(C)[C@H](C(=O)O)C(C)C)c(C)c1. The third-order valence-electron chi connectivity index (χ3n) is 4.00. The molecule has 0 aliphatic rings. The number of amides is 1. The number of nitrogens with zero attached hydrogens (tertiary/aromatic N) is 1. The molecule has 0 saturated heterocycles. The van der Waals surface area contributed by atoms with Crippen molar-refractivity contribution in [3.63, 3.8) is 0 Å². The molecule has 0 saturated carbocycles. The van der Waals surface area contributed by atoms with Gasteiger partial charge in [-0.15, -0.1) is 0 Å². The molecule has 144 valence electrons. The Balaban J connectivity index is 2.50. The molecule has 1 aromatic rings. The van der Waals surface area contributed by atoms with Crippen LogP contribution in [-0.4, -0.2) is 53.7 Å². The molecule has 0 aliphatic carbocycles. The second kappa shape index (κ2) is 9.96. The first-order chi connectivity index (χ1) is 12.2. The lowest BCUT2D eigenvalue weighted by atomic mass is 10.0. The van der Waals surface area contributed by atoms with Crippen LogP contribution in [0.5, 0.6) is 5.75 Å². The number of nitrogens with one attached hydrogen (secondary N) is 2. The van der Waals surface area contributed by atoms with Crippen molar-refractivity contribution in [1.29, 1.82) is 0 Å².